The van der Waals surface area contributed by atoms with Crippen LogP contribution in [0.5, 0.6) is 0 Å². The van der Waals surface area contributed by atoms with E-state index in [4.69, 9.17) is 0 Å². The van der Waals surface area contributed by atoms with Gasteiger partial charge in [-0.3, -0.25) is 4.79 Å². The van der Waals surface area contributed by atoms with Crippen molar-refractivity contribution in [3.8, 4) is 0 Å². The van der Waals surface area contributed by atoms with Crippen LogP contribution in [0.15, 0.2) is 34.3 Å². The maximum atomic E-state index is 11.7. The van der Waals surface area contributed by atoms with Gasteiger partial charge in [-0.15, -0.1) is 11.8 Å². The molecule has 1 fully saturated rings. The molecule has 0 radical (unpaired) electrons. The molecule has 1 amide bonds. The lowest BCUT2D eigenvalue weighted by atomic mass is 10.1. The molecule has 1 aromatic carbocycles. The number of nitrogens with zero attached hydrogens (tertiary/aromatic N) is 1. The molecule has 20 heavy (non-hydrogen) atoms. The van der Waals surface area contributed by atoms with Crippen LogP contribution in [0.1, 0.15) is 12.0 Å². The zero-order valence-electron chi connectivity index (χ0n) is 11.1. The maximum Gasteiger partial charge on any atom is 0.244 e. The smallest absolute Gasteiger partial charge is 0.244 e. The van der Waals surface area contributed by atoms with Gasteiger partial charge in [0.25, 0.3) is 0 Å². The van der Waals surface area contributed by atoms with Gasteiger partial charge in [-0.05, 0) is 30.4 Å². The van der Waals surface area contributed by atoms with Crippen molar-refractivity contribution >= 4 is 33.7 Å². The minimum Gasteiger partial charge on any atom is -0.273 e. The van der Waals surface area contributed by atoms with Gasteiger partial charge in [0.05, 0.1) is 23.6 Å². The van der Waals surface area contributed by atoms with Crippen LogP contribution in [0.2, 0.25) is 0 Å². The van der Waals surface area contributed by atoms with Crippen molar-refractivity contribution in [2.24, 2.45) is 11.0 Å². The third-order valence-corrected chi connectivity index (χ3v) is 5.62. The summed E-state index contributed by atoms with van der Waals surface area (Å²) in [6.07, 6.45) is 3.93. The third-order valence-electron chi connectivity index (χ3n) is 3.11. The van der Waals surface area contributed by atoms with Gasteiger partial charge in [0.1, 0.15) is 0 Å². The molecular weight excluding hydrogens is 296 g/mol. The lowest BCUT2D eigenvalue weighted by Gasteiger charge is -2.04. The molecule has 1 aromatic rings. The summed E-state index contributed by atoms with van der Waals surface area (Å²) in [4.78, 5) is 12.9. The molecule has 0 spiro atoms. The highest BCUT2D eigenvalue weighted by molar-refractivity contribution is 7.98. The molecular formula is C13H16N2O3S2. The number of rotatable bonds is 4. The normalized spacial score (nSPS) is 21.1. The number of carbonyl (C=O) groups is 1. The Bertz CT molecular complexity index is 609. The molecule has 0 aromatic heterocycles. The van der Waals surface area contributed by atoms with Crippen LogP contribution < -0.4 is 5.43 Å². The van der Waals surface area contributed by atoms with Crippen LogP contribution in [-0.4, -0.2) is 38.3 Å². The number of sulfone groups is 1. The first-order valence-electron chi connectivity index (χ1n) is 6.17. The Morgan fingerprint density at radius 1 is 1.40 bits per heavy atom. The Labute approximate surface area is 122 Å². The SMILES string of the molecule is CSc1ccc(/C=N\NC(=O)[C@H]2CCS(=O)(=O)C2)cc1. The van der Waals surface area contributed by atoms with Crippen molar-refractivity contribution < 1.29 is 13.2 Å². The van der Waals surface area contributed by atoms with E-state index in [1.165, 1.54) is 0 Å². The number of carbonyl (C=O) groups excluding carboxylic acids is 1. The maximum absolute atomic E-state index is 11.7. The summed E-state index contributed by atoms with van der Waals surface area (Å²) in [7, 11) is -3.04. The zero-order valence-corrected chi connectivity index (χ0v) is 12.7. The quantitative estimate of drug-likeness (QED) is 0.516. The number of hydrazone groups is 1. The van der Waals surface area contributed by atoms with Crippen molar-refractivity contribution in [3.05, 3.63) is 29.8 Å². The predicted octanol–water partition coefficient (Wildman–Crippen LogP) is 1.29. The number of hydrogen-bond donors (Lipinski definition) is 1. The summed E-state index contributed by atoms with van der Waals surface area (Å²) in [5.41, 5.74) is 3.28. The Morgan fingerprint density at radius 2 is 2.10 bits per heavy atom. The number of benzene rings is 1. The molecule has 1 aliphatic heterocycles. The number of hydrogen-bond acceptors (Lipinski definition) is 5. The van der Waals surface area contributed by atoms with Crippen molar-refractivity contribution in [2.75, 3.05) is 17.8 Å². The fourth-order valence-electron chi connectivity index (χ4n) is 1.95. The topological polar surface area (TPSA) is 75.6 Å². The van der Waals surface area contributed by atoms with Crippen LogP contribution >= 0.6 is 11.8 Å². The van der Waals surface area contributed by atoms with E-state index in [9.17, 15) is 13.2 Å². The summed E-state index contributed by atoms with van der Waals surface area (Å²) >= 11 is 1.65. The van der Waals surface area contributed by atoms with Gasteiger partial charge in [-0.25, -0.2) is 13.8 Å². The minimum atomic E-state index is -3.04. The highest BCUT2D eigenvalue weighted by atomic mass is 32.2. The van der Waals surface area contributed by atoms with E-state index in [2.05, 4.69) is 10.5 Å². The molecule has 1 heterocycles. The fraction of sp³-hybridized carbons (Fsp3) is 0.385. The van der Waals surface area contributed by atoms with Crippen molar-refractivity contribution in [2.45, 2.75) is 11.3 Å². The largest absolute Gasteiger partial charge is 0.273 e. The van der Waals surface area contributed by atoms with E-state index in [0.717, 1.165) is 10.5 Å². The molecule has 1 aliphatic rings. The standard InChI is InChI=1S/C13H16N2O3S2/c1-19-12-4-2-10(3-5-12)8-14-15-13(16)11-6-7-20(17,18)9-11/h2-5,8,11H,6-7,9H2,1H3,(H,15,16)/b14-8-/t11-/m0/s1. The summed E-state index contributed by atoms with van der Waals surface area (Å²) in [5, 5.41) is 3.86. The van der Waals surface area contributed by atoms with Crippen molar-refractivity contribution in [1.29, 1.82) is 0 Å². The van der Waals surface area contributed by atoms with Crippen LogP contribution in [0.4, 0.5) is 0 Å². The van der Waals surface area contributed by atoms with Crippen LogP contribution in [0.25, 0.3) is 0 Å². The summed E-state index contributed by atoms with van der Waals surface area (Å²) in [6.45, 7) is 0. The van der Waals surface area contributed by atoms with Crippen LogP contribution in [-0.2, 0) is 14.6 Å². The Kier molecular flexibility index (Phi) is 4.82. The average Bonchev–Trinajstić information content (AvgIpc) is 2.80. The Morgan fingerprint density at radius 3 is 2.65 bits per heavy atom. The lowest BCUT2D eigenvalue weighted by molar-refractivity contribution is -0.124. The average molecular weight is 312 g/mol. The summed E-state index contributed by atoms with van der Waals surface area (Å²) < 4.78 is 22.6. The first kappa shape index (κ1) is 15.1. The monoisotopic (exact) mass is 312 g/mol. The molecule has 0 unspecified atom stereocenters. The molecule has 2 rings (SSSR count). The summed E-state index contributed by atoms with van der Waals surface area (Å²) in [6, 6.07) is 7.75. The second kappa shape index (κ2) is 6.41. The first-order chi connectivity index (χ1) is 9.50. The number of nitrogens with one attached hydrogen (secondary N) is 1. The predicted molar refractivity (Wildman–Crippen MR) is 80.7 cm³/mol. The molecule has 0 bridgehead atoms. The van der Waals surface area contributed by atoms with Gasteiger partial charge in [-0.1, -0.05) is 12.1 Å². The third kappa shape index (κ3) is 4.08. The molecule has 0 saturated carbocycles. The fourth-order valence-corrected chi connectivity index (χ4v) is 4.10. The number of amides is 1. The molecule has 1 atom stereocenters. The molecule has 1 saturated heterocycles. The van der Waals surface area contributed by atoms with E-state index in [0.29, 0.717) is 6.42 Å². The lowest BCUT2D eigenvalue weighted by Crippen LogP contribution is -2.27. The molecule has 1 N–H and O–H groups in total. The van der Waals surface area contributed by atoms with Gasteiger partial charge < -0.3 is 0 Å². The molecule has 5 nitrogen and oxygen atoms in total. The van der Waals surface area contributed by atoms with E-state index in [1.807, 2.05) is 30.5 Å². The van der Waals surface area contributed by atoms with E-state index in [1.54, 1.807) is 18.0 Å². The van der Waals surface area contributed by atoms with E-state index in [-0.39, 0.29) is 17.4 Å². The summed E-state index contributed by atoms with van der Waals surface area (Å²) in [5.74, 6) is -0.791. The van der Waals surface area contributed by atoms with Gasteiger partial charge in [-0.2, -0.15) is 5.10 Å². The zero-order chi connectivity index (χ0) is 14.6. The first-order valence-corrected chi connectivity index (χ1v) is 9.22. The molecule has 108 valence electrons. The van der Waals surface area contributed by atoms with Gasteiger partial charge in [0.15, 0.2) is 9.84 Å². The van der Waals surface area contributed by atoms with E-state index >= 15 is 0 Å². The second-order valence-corrected chi connectivity index (χ2v) is 7.72. The van der Waals surface area contributed by atoms with Gasteiger partial charge in [0, 0.05) is 4.90 Å². The van der Waals surface area contributed by atoms with Crippen molar-refractivity contribution in [3.63, 3.8) is 0 Å². The minimum absolute atomic E-state index is 0.0726. The molecule has 0 aliphatic carbocycles. The second-order valence-electron chi connectivity index (χ2n) is 4.61. The highest BCUT2D eigenvalue weighted by Crippen LogP contribution is 2.18. The van der Waals surface area contributed by atoms with E-state index < -0.39 is 15.8 Å². The van der Waals surface area contributed by atoms with Crippen LogP contribution in [0, 0.1) is 5.92 Å². The number of thioether (sulfide) groups is 1. The Balaban J connectivity index is 1.88. The van der Waals surface area contributed by atoms with Crippen LogP contribution in [0.3, 0.4) is 0 Å². The highest BCUT2D eigenvalue weighted by Gasteiger charge is 2.32. The van der Waals surface area contributed by atoms with Crippen molar-refractivity contribution in [1.82, 2.24) is 5.43 Å². The Hall–Kier alpha value is -1.34. The van der Waals surface area contributed by atoms with Gasteiger partial charge in [0.2, 0.25) is 5.91 Å². The van der Waals surface area contributed by atoms with Gasteiger partial charge >= 0.3 is 0 Å². The molecule has 7 heteroatoms.